The lowest BCUT2D eigenvalue weighted by molar-refractivity contribution is 0.474. The molecule has 1 nitrogen and oxygen atoms in total. The molecular formula is C15H16O. The van der Waals surface area contributed by atoms with Gasteiger partial charge in [0.1, 0.15) is 5.75 Å². The zero-order valence-electron chi connectivity index (χ0n) is 9.43. The summed E-state index contributed by atoms with van der Waals surface area (Å²) in [5.74, 6) is 0.709. The fourth-order valence-electron chi connectivity index (χ4n) is 2.09. The van der Waals surface area contributed by atoms with Crippen LogP contribution in [0.2, 0.25) is 0 Å². The molecule has 0 saturated heterocycles. The van der Waals surface area contributed by atoms with Crippen molar-refractivity contribution in [2.45, 2.75) is 19.3 Å². The maximum atomic E-state index is 9.50. The van der Waals surface area contributed by atoms with Crippen LogP contribution in [-0.2, 0) is 0 Å². The standard InChI is InChI=1S/C15H16O/c1-2-15(12-7-4-3-5-8-12)13-9-6-10-14(16)11-13/h3-11,15-16H,2H2,1H3. The molecule has 0 amide bonds. The third kappa shape index (κ3) is 2.25. The molecule has 2 rings (SSSR count). The molecule has 0 aromatic heterocycles. The Hall–Kier alpha value is -1.76. The van der Waals surface area contributed by atoms with Crippen molar-refractivity contribution in [1.82, 2.24) is 0 Å². The molecule has 2 aromatic rings. The third-order valence-electron chi connectivity index (χ3n) is 2.88. The molecule has 0 fully saturated rings. The molecular weight excluding hydrogens is 196 g/mol. The van der Waals surface area contributed by atoms with E-state index >= 15 is 0 Å². The molecule has 0 spiro atoms. The lowest BCUT2D eigenvalue weighted by Gasteiger charge is -2.15. The molecule has 0 aliphatic carbocycles. The Kier molecular flexibility index (Phi) is 3.25. The summed E-state index contributed by atoms with van der Waals surface area (Å²) in [6.07, 6.45) is 1.04. The van der Waals surface area contributed by atoms with E-state index < -0.39 is 0 Å². The van der Waals surface area contributed by atoms with Gasteiger partial charge in [-0.15, -0.1) is 0 Å². The Morgan fingerprint density at radius 1 is 0.938 bits per heavy atom. The minimum Gasteiger partial charge on any atom is -0.508 e. The Bertz CT molecular complexity index is 448. The lowest BCUT2D eigenvalue weighted by atomic mass is 9.89. The van der Waals surface area contributed by atoms with Crippen LogP contribution in [0.3, 0.4) is 0 Å². The molecule has 1 unspecified atom stereocenters. The van der Waals surface area contributed by atoms with Gasteiger partial charge in [0.2, 0.25) is 0 Å². The summed E-state index contributed by atoms with van der Waals surface area (Å²) in [5, 5.41) is 9.50. The summed E-state index contributed by atoms with van der Waals surface area (Å²) >= 11 is 0. The van der Waals surface area contributed by atoms with E-state index in [0.717, 1.165) is 6.42 Å². The van der Waals surface area contributed by atoms with Gasteiger partial charge in [0.25, 0.3) is 0 Å². The summed E-state index contributed by atoms with van der Waals surface area (Å²) < 4.78 is 0. The van der Waals surface area contributed by atoms with Crippen molar-refractivity contribution in [1.29, 1.82) is 0 Å². The second-order valence-electron chi connectivity index (χ2n) is 3.97. The normalized spacial score (nSPS) is 12.3. The highest BCUT2D eigenvalue weighted by Gasteiger charge is 2.11. The van der Waals surface area contributed by atoms with Crippen molar-refractivity contribution in [2.24, 2.45) is 0 Å². The van der Waals surface area contributed by atoms with E-state index in [4.69, 9.17) is 0 Å². The first-order valence-electron chi connectivity index (χ1n) is 5.65. The Balaban J connectivity index is 2.37. The van der Waals surface area contributed by atoms with Crippen LogP contribution in [0.25, 0.3) is 0 Å². The number of hydrogen-bond donors (Lipinski definition) is 1. The predicted octanol–water partition coefficient (Wildman–Crippen LogP) is 3.93. The fraction of sp³-hybridized carbons (Fsp3) is 0.200. The molecule has 0 heterocycles. The highest BCUT2D eigenvalue weighted by molar-refractivity contribution is 5.36. The van der Waals surface area contributed by atoms with Gasteiger partial charge in [-0.1, -0.05) is 49.4 Å². The van der Waals surface area contributed by atoms with Crippen LogP contribution in [0.1, 0.15) is 30.4 Å². The van der Waals surface area contributed by atoms with Gasteiger partial charge >= 0.3 is 0 Å². The molecule has 82 valence electrons. The molecule has 0 aliphatic rings. The highest BCUT2D eigenvalue weighted by Crippen LogP contribution is 2.29. The van der Waals surface area contributed by atoms with Crippen molar-refractivity contribution < 1.29 is 5.11 Å². The van der Waals surface area contributed by atoms with Gasteiger partial charge in [0.05, 0.1) is 0 Å². The van der Waals surface area contributed by atoms with Crippen LogP contribution in [0, 0.1) is 0 Å². The number of aromatic hydroxyl groups is 1. The third-order valence-corrected chi connectivity index (χ3v) is 2.88. The van der Waals surface area contributed by atoms with Crippen LogP contribution in [0.5, 0.6) is 5.75 Å². The van der Waals surface area contributed by atoms with Crippen molar-refractivity contribution in [2.75, 3.05) is 0 Å². The Labute approximate surface area is 96.4 Å². The van der Waals surface area contributed by atoms with Crippen LogP contribution >= 0.6 is 0 Å². The topological polar surface area (TPSA) is 20.2 Å². The van der Waals surface area contributed by atoms with Gasteiger partial charge in [-0.25, -0.2) is 0 Å². The fourth-order valence-corrected chi connectivity index (χ4v) is 2.09. The minimum atomic E-state index is 0.340. The van der Waals surface area contributed by atoms with Gasteiger partial charge in [-0.05, 0) is 29.7 Å². The van der Waals surface area contributed by atoms with E-state index in [9.17, 15) is 5.11 Å². The van der Waals surface area contributed by atoms with E-state index in [1.165, 1.54) is 11.1 Å². The van der Waals surface area contributed by atoms with Gasteiger partial charge in [-0.2, -0.15) is 0 Å². The Morgan fingerprint density at radius 2 is 1.62 bits per heavy atom. The van der Waals surface area contributed by atoms with Crippen LogP contribution in [-0.4, -0.2) is 5.11 Å². The molecule has 0 radical (unpaired) electrons. The summed E-state index contributed by atoms with van der Waals surface area (Å²) in [5.41, 5.74) is 2.48. The first-order valence-corrected chi connectivity index (χ1v) is 5.65. The molecule has 0 saturated carbocycles. The van der Waals surface area contributed by atoms with E-state index in [2.05, 4.69) is 37.3 Å². The number of phenolic OH excluding ortho intramolecular Hbond substituents is 1. The van der Waals surface area contributed by atoms with Crippen molar-refractivity contribution in [3.8, 4) is 5.75 Å². The maximum Gasteiger partial charge on any atom is 0.115 e. The smallest absolute Gasteiger partial charge is 0.115 e. The Morgan fingerprint density at radius 3 is 2.25 bits per heavy atom. The average molecular weight is 212 g/mol. The number of hydrogen-bond acceptors (Lipinski definition) is 1. The first-order chi connectivity index (χ1) is 7.81. The summed E-state index contributed by atoms with van der Waals surface area (Å²) in [7, 11) is 0. The van der Waals surface area contributed by atoms with Gasteiger partial charge in [0.15, 0.2) is 0 Å². The molecule has 0 aliphatic heterocycles. The number of phenols is 1. The molecule has 1 N–H and O–H groups in total. The van der Waals surface area contributed by atoms with Crippen molar-refractivity contribution in [3.63, 3.8) is 0 Å². The van der Waals surface area contributed by atoms with Crippen molar-refractivity contribution >= 4 is 0 Å². The minimum absolute atomic E-state index is 0.340. The summed E-state index contributed by atoms with van der Waals surface area (Å²) in [6.45, 7) is 2.17. The van der Waals surface area contributed by atoms with Gasteiger partial charge in [-0.3, -0.25) is 0 Å². The average Bonchev–Trinajstić information content (AvgIpc) is 2.31. The molecule has 0 bridgehead atoms. The van der Waals surface area contributed by atoms with Crippen molar-refractivity contribution in [3.05, 3.63) is 65.7 Å². The van der Waals surface area contributed by atoms with Crippen LogP contribution in [0.4, 0.5) is 0 Å². The first kappa shape index (κ1) is 10.7. The SMILES string of the molecule is CCC(c1ccccc1)c1cccc(O)c1. The highest BCUT2D eigenvalue weighted by atomic mass is 16.3. The predicted molar refractivity (Wildman–Crippen MR) is 66.7 cm³/mol. The van der Waals surface area contributed by atoms with Crippen LogP contribution in [0.15, 0.2) is 54.6 Å². The van der Waals surface area contributed by atoms with E-state index in [1.54, 1.807) is 6.07 Å². The van der Waals surface area contributed by atoms with Gasteiger partial charge < -0.3 is 5.11 Å². The van der Waals surface area contributed by atoms with E-state index in [1.807, 2.05) is 18.2 Å². The molecule has 16 heavy (non-hydrogen) atoms. The largest absolute Gasteiger partial charge is 0.508 e. The molecule has 1 atom stereocenters. The monoisotopic (exact) mass is 212 g/mol. The van der Waals surface area contributed by atoms with E-state index in [0.29, 0.717) is 11.7 Å². The van der Waals surface area contributed by atoms with Crippen LogP contribution < -0.4 is 0 Å². The lowest BCUT2D eigenvalue weighted by Crippen LogP contribution is -1.98. The second-order valence-corrected chi connectivity index (χ2v) is 3.97. The zero-order chi connectivity index (χ0) is 11.4. The maximum absolute atomic E-state index is 9.50. The van der Waals surface area contributed by atoms with Gasteiger partial charge in [0, 0.05) is 5.92 Å². The zero-order valence-corrected chi connectivity index (χ0v) is 9.43. The molecule has 2 aromatic carbocycles. The number of benzene rings is 2. The number of rotatable bonds is 3. The molecule has 1 heteroatoms. The summed E-state index contributed by atoms with van der Waals surface area (Å²) in [4.78, 5) is 0. The second kappa shape index (κ2) is 4.84. The summed E-state index contributed by atoms with van der Waals surface area (Å²) in [6, 6.07) is 17.9. The quantitative estimate of drug-likeness (QED) is 0.817. The van der Waals surface area contributed by atoms with E-state index in [-0.39, 0.29) is 0 Å².